The van der Waals surface area contributed by atoms with E-state index in [4.69, 9.17) is 21.1 Å². The summed E-state index contributed by atoms with van der Waals surface area (Å²) >= 11 is 7.59. The zero-order valence-electron chi connectivity index (χ0n) is 19.7. The van der Waals surface area contributed by atoms with Crippen molar-refractivity contribution in [2.24, 2.45) is 0 Å². The summed E-state index contributed by atoms with van der Waals surface area (Å²) in [4.78, 5) is 11.1. The molecule has 1 aliphatic rings. The van der Waals surface area contributed by atoms with E-state index in [2.05, 4.69) is 21.7 Å². The Morgan fingerprint density at radius 2 is 1.89 bits per heavy atom. The molecule has 2 heterocycles. The molecule has 0 unspecified atom stereocenters. The molecule has 0 fully saturated rings. The quantitative estimate of drug-likeness (QED) is 0.110. The van der Waals surface area contributed by atoms with Gasteiger partial charge in [-0.25, -0.2) is 0 Å². The molecule has 0 N–H and O–H groups in total. The van der Waals surface area contributed by atoms with E-state index in [0.29, 0.717) is 28.7 Å². The molecule has 0 aliphatic carbocycles. The van der Waals surface area contributed by atoms with Crippen molar-refractivity contribution in [3.05, 3.63) is 62.7 Å². The van der Waals surface area contributed by atoms with Crippen molar-refractivity contribution in [2.45, 2.75) is 69.5 Å². The van der Waals surface area contributed by atoms with Crippen molar-refractivity contribution in [2.75, 3.05) is 6.79 Å². The van der Waals surface area contributed by atoms with Crippen LogP contribution in [0.1, 0.15) is 56.6 Å². The monoisotopic (exact) mass is 516 g/mol. The minimum atomic E-state index is -0.386. The first-order valence-corrected chi connectivity index (χ1v) is 13.3. The van der Waals surface area contributed by atoms with Gasteiger partial charge in [0.1, 0.15) is 5.75 Å². The second kappa shape index (κ2) is 12.4. The summed E-state index contributed by atoms with van der Waals surface area (Å²) in [6, 6.07) is 10.7. The van der Waals surface area contributed by atoms with Gasteiger partial charge >= 0.3 is 0 Å². The number of halogens is 1. The predicted octanol–water partition coefficient (Wildman–Crippen LogP) is 7.03. The van der Waals surface area contributed by atoms with E-state index < -0.39 is 0 Å². The lowest BCUT2D eigenvalue weighted by Gasteiger charge is -2.20. The highest BCUT2D eigenvalue weighted by atomic mass is 35.5. The number of nitro benzene ring substituents is 1. The fraction of sp³-hybridized carbons (Fsp3) is 0.440. The van der Waals surface area contributed by atoms with Crippen LogP contribution in [0.2, 0.25) is 5.02 Å². The van der Waals surface area contributed by atoms with Gasteiger partial charge in [0.05, 0.1) is 11.5 Å². The van der Waals surface area contributed by atoms with Crippen molar-refractivity contribution in [1.29, 1.82) is 0 Å². The third-order valence-electron chi connectivity index (χ3n) is 5.89. The Bertz CT molecular complexity index is 1150. The molecular weight excluding hydrogens is 488 g/mol. The summed E-state index contributed by atoms with van der Waals surface area (Å²) < 4.78 is 13.2. The van der Waals surface area contributed by atoms with Crippen molar-refractivity contribution < 1.29 is 14.4 Å². The van der Waals surface area contributed by atoms with Crippen molar-refractivity contribution >= 4 is 29.1 Å². The molecule has 0 saturated heterocycles. The Kier molecular flexibility index (Phi) is 9.01. The maximum Gasteiger partial charge on any atom is 0.270 e. The average molecular weight is 517 g/mol. The van der Waals surface area contributed by atoms with E-state index >= 15 is 0 Å². The number of thioether (sulfide) groups is 1. The van der Waals surface area contributed by atoms with Crippen LogP contribution >= 0.6 is 23.4 Å². The number of unbranched alkanes of at least 4 members (excludes halogenated alkanes) is 5. The number of hydrogen-bond donors (Lipinski definition) is 0. The largest absolute Gasteiger partial charge is 0.467 e. The standard InChI is InChI=1S/C25H29ClN4O4S/c1-2-3-4-5-6-7-12-29-24(18-8-10-21(26)11-9-18)27-28-25(29)35-16-20-14-22(30(31)32)13-19-15-33-17-34-23(19)20/h8-11,13-14H,2-7,12,15-17H2,1H3. The van der Waals surface area contributed by atoms with E-state index in [-0.39, 0.29) is 17.4 Å². The van der Waals surface area contributed by atoms with Gasteiger partial charge in [-0.2, -0.15) is 0 Å². The summed E-state index contributed by atoms with van der Waals surface area (Å²) in [7, 11) is 0. The van der Waals surface area contributed by atoms with E-state index in [0.717, 1.165) is 41.5 Å². The van der Waals surface area contributed by atoms with Gasteiger partial charge in [0, 0.05) is 46.1 Å². The number of aromatic nitrogens is 3. The molecule has 4 rings (SSSR count). The van der Waals surface area contributed by atoms with E-state index in [9.17, 15) is 10.1 Å². The number of benzene rings is 2. The molecule has 10 heteroatoms. The molecule has 1 aromatic heterocycles. The SMILES string of the molecule is CCCCCCCCn1c(SCc2cc([N+](=O)[O-])cc3c2OCOC3)nnc1-c1ccc(Cl)cc1. The summed E-state index contributed by atoms with van der Waals surface area (Å²) in [6.07, 6.45) is 7.14. The molecule has 186 valence electrons. The normalized spacial score (nSPS) is 12.9. The molecule has 0 saturated carbocycles. The van der Waals surface area contributed by atoms with Crippen molar-refractivity contribution in [3.8, 4) is 17.1 Å². The van der Waals surface area contributed by atoms with Crippen LogP contribution in [0.4, 0.5) is 5.69 Å². The zero-order valence-corrected chi connectivity index (χ0v) is 21.3. The van der Waals surface area contributed by atoms with Gasteiger partial charge < -0.3 is 14.0 Å². The van der Waals surface area contributed by atoms with Gasteiger partial charge in [-0.1, -0.05) is 62.4 Å². The molecule has 0 spiro atoms. The van der Waals surface area contributed by atoms with E-state index in [1.807, 2.05) is 24.3 Å². The lowest BCUT2D eigenvalue weighted by atomic mass is 10.1. The number of hydrogen-bond acceptors (Lipinski definition) is 7. The molecule has 0 radical (unpaired) electrons. The minimum absolute atomic E-state index is 0.0313. The first kappa shape index (κ1) is 25.5. The fourth-order valence-electron chi connectivity index (χ4n) is 4.10. The zero-order chi connectivity index (χ0) is 24.6. The van der Waals surface area contributed by atoms with Crippen LogP contribution in [0.25, 0.3) is 11.4 Å². The second-order valence-electron chi connectivity index (χ2n) is 8.48. The highest BCUT2D eigenvalue weighted by molar-refractivity contribution is 7.98. The Hall–Kier alpha value is -2.62. The Morgan fingerprint density at radius 1 is 1.11 bits per heavy atom. The van der Waals surface area contributed by atoms with Gasteiger partial charge in [-0.15, -0.1) is 10.2 Å². The van der Waals surface area contributed by atoms with Crippen LogP contribution in [0.3, 0.4) is 0 Å². The van der Waals surface area contributed by atoms with E-state index in [1.165, 1.54) is 43.5 Å². The number of nitrogens with zero attached hydrogens (tertiary/aromatic N) is 4. The number of ether oxygens (including phenoxy) is 2. The lowest BCUT2D eigenvalue weighted by Crippen LogP contribution is -2.13. The Balaban J connectivity index is 1.55. The van der Waals surface area contributed by atoms with Gasteiger partial charge in [0.2, 0.25) is 0 Å². The van der Waals surface area contributed by atoms with Crippen LogP contribution in [0.5, 0.6) is 5.75 Å². The number of rotatable bonds is 12. The third-order valence-corrected chi connectivity index (χ3v) is 7.16. The maximum absolute atomic E-state index is 11.4. The van der Waals surface area contributed by atoms with Crippen LogP contribution in [-0.4, -0.2) is 26.5 Å². The summed E-state index contributed by atoms with van der Waals surface area (Å²) in [5.41, 5.74) is 2.43. The van der Waals surface area contributed by atoms with Crippen LogP contribution in [-0.2, 0) is 23.6 Å². The molecule has 3 aromatic rings. The molecule has 0 amide bonds. The summed E-state index contributed by atoms with van der Waals surface area (Å²) in [6.45, 7) is 3.45. The Morgan fingerprint density at radius 3 is 2.66 bits per heavy atom. The van der Waals surface area contributed by atoms with Crippen LogP contribution < -0.4 is 4.74 Å². The molecule has 8 nitrogen and oxygen atoms in total. The topological polar surface area (TPSA) is 92.3 Å². The average Bonchev–Trinajstić information content (AvgIpc) is 3.27. The molecule has 0 atom stereocenters. The molecule has 0 bridgehead atoms. The maximum atomic E-state index is 11.4. The number of nitro groups is 1. The predicted molar refractivity (Wildman–Crippen MR) is 137 cm³/mol. The van der Waals surface area contributed by atoms with Crippen LogP contribution in [0.15, 0.2) is 41.6 Å². The minimum Gasteiger partial charge on any atom is -0.467 e. The Labute approximate surface area is 214 Å². The van der Waals surface area contributed by atoms with Gasteiger partial charge in [-0.3, -0.25) is 10.1 Å². The highest BCUT2D eigenvalue weighted by Gasteiger charge is 2.22. The van der Waals surface area contributed by atoms with Crippen LogP contribution in [0, 0.1) is 10.1 Å². The first-order chi connectivity index (χ1) is 17.1. The first-order valence-electron chi connectivity index (χ1n) is 11.9. The van der Waals surface area contributed by atoms with Crippen molar-refractivity contribution in [3.63, 3.8) is 0 Å². The van der Waals surface area contributed by atoms with Crippen molar-refractivity contribution in [1.82, 2.24) is 14.8 Å². The van der Waals surface area contributed by atoms with E-state index in [1.54, 1.807) is 6.07 Å². The highest BCUT2D eigenvalue weighted by Crippen LogP contribution is 2.36. The van der Waals surface area contributed by atoms with Gasteiger partial charge in [0.15, 0.2) is 17.8 Å². The van der Waals surface area contributed by atoms with Gasteiger partial charge in [0.25, 0.3) is 5.69 Å². The third kappa shape index (κ3) is 6.54. The smallest absolute Gasteiger partial charge is 0.270 e. The molecular formula is C25H29ClN4O4S. The fourth-order valence-corrected chi connectivity index (χ4v) is 5.15. The molecule has 2 aromatic carbocycles. The summed E-state index contributed by atoms with van der Waals surface area (Å²) in [5.74, 6) is 1.93. The molecule has 1 aliphatic heterocycles. The lowest BCUT2D eigenvalue weighted by molar-refractivity contribution is -0.385. The second-order valence-corrected chi connectivity index (χ2v) is 9.86. The summed E-state index contributed by atoms with van der Waals surface area (Å²) in [5, 5.41) is 21.8. The number of non-ortho nitro benzene ring substituents is 1. The molecule has 35 heavy (non-hydrogen) atoms. The van der Waals surface area contributed by atoms with Gasteiger partial charge in [-0.05, 0) is 30.7 Å². The number of fused-ring (bicyclic) bond motifs is 1.